The lowest BCUT2D eigenvalue weighted by Crippen LogP contribution is -2.64. The Labute approximate surface area is 156 Å². The lowest BCUT2D eigenvalue weighted by Gasteiger charge is -2.60. The Hall–Kier alpha value is -0.120. The fourth-order valence-electron chi connectivity index (χ4n) is 6.34. The van der Waals surface area contributed by atoms with Gasteiger partial charge in [-0.1, -0.05) is 13.8 Å². The molecule has 3 heteroatoms. The largest absolute Gasteiger partial charge is 0.302 e. The maximum Gasteiger partial charge on any atom is 0.0113 e. The molecule has 1 spiro atoms. The maximum atomic E-state index is 2.80. The Bertz CT molecular complexity index is 446. The average Bonchev–Trinajstić information content (AvgIpc) is 3.22. The number of hydrogen-bond donors (Lipinski definition) is 0. The van der Waals surface area contributed by atoms with Crippen LogP contribution < -0.4 is 0 Å². The molecule has 25 heavy (non-hydrogen) atoms. The Morgan fingerprint density at radius 3 is 2.04 bits per heavy atom. The first-order valence-corrected chi connectivity index (χ1v) is 11.1. The van der Waals surface area contributed by atoms with Crippen LogP contribution in [-0.4, -0.2) is 73.1 Å². The van der Waals surface area contributed by atoms with Crippen LogP contribution in [0.15, 0.2) is 0 Å². The number of nitrogens with zero attached hydrogens (tertiary/aromatic N) is 3. The van der Waals surface area contributed by atoms with Crippen LogP contribution in [0.2, 0.25) is 0 Å². The van der Waals surface area contributed by atoms with Crippen LogP contribution in [0.5, 0.6) is 0 Å². The van der Waals surface area contributed by atoms with Crippen LogP contribution in [0, 0.1) is 22.7 Å². The van der Waals surface area contributed by atoms with E-state index in [4.69, 9.17) is 0 Å². The predicted octanol–water partition coefficient (Wildman–Crippen LogP) is 3.55. The summed E-state index contributed by atoms with van der Waals surface area (Å²) in [5.74, 6) is 1.88. The minimum absolute atomic E-state index is 0.723. The van der Waals surface area contributed by atoms with Crippen LogP contribution in [0.4, 0.5) is 0 Å². The van der Waals surface area contributed by atoms with E-state index in [1.54, 1.807) is 0 Å². The van der Waals surface area contributed by atoms with Crippen molar-refractivity contribution in [2.24, 2.45) is 22.7 Å². The van der Waals surface area contributed by atoms with E-state index >= 15 is 0 Å². The molecule has 2 saturated heterocycles. The number of rotatable bonds is 7. The third-order valence-electron chi connectivity index (χ3n) is 7.57. The van der Waals surface area contributed by atoms with Gasteiger partial charge in [0.2, 0.25) is 0 Å². The van der Waals surface area contributed by atoms with Crippen molar-refractivity contribution < 1.29 is 0 Å². The molecule has 2 aliphatic carbocycles. The molecule has 3 nitrogen and oxygen atoms in total. The number of likely N-dealkylation sites (tertiary alicyclic amines) is 1. The molecule has 4 fully saturated rings. The summed E-state index contributed by atoms with van der Waals surface area (Å²) >= 11 is 0. The first kappa shape index (κ1) is 18.3. The van der Waals surface area contributed by atoms with Crippen molar-refractivity contribution in [3.05, 3.63) is 0 Å². The minimum atomic E-state index is 0.723. The van der Waals surface area contributed by atoms with Crippen molar-refractivity contribution in [3.8, 4) is 0 Å². The van der Waals surface area contributed by atoms with E-state index in [1.165, 1.54) is 84.5 Å². The van der Waals surface area contributed by atoms with Gasteiger partial charge < -0.3 is 9.80 Å². The third kappa shape index (κ3) is 4.09. The van der Waals surface area contributed by atoms with Gasteiger partial charge in [-0.05, 0) is 68.6 Å². The molecule has 0 bridgehead atoms. The fourth-order valence-corrected chi connectivity index (χ4v) is 6.34. The summed E-state index contributed by atoms with van der Waals surface area (Å²) in [4.78, 5) is 8.18. The fraction of sp³-hybridized carbons (Fsp3) is 1.00. The summed E-state index contributed by atoms with van der Waals surface area (Å²) in [6, 6.07) is 0.723. The van der Waals surface area contributed by atoms with Gasteiger partial charge in [-0.2, -0.15) is 0 Å². The second-order valence-corrected chi connectivity index (χ2v) is 10.9. The van der Waals surface area contributed by atoms with Gasteiger partial charge in [-0.3, -0.25) is 4.90 Å². The standard InChI is InChI=1S/C22H41N3/c1-18(2)11-21(5-6-21)15-24-16-22(17-24)12-20(13-22)14-23-7-9-25(10-8-23)19(3)4/h18-20H,5-17H2,1-4H3. The topological polar surface area (TPSA) is 9.72 Å². The van der Waals surface area contributed by atoms with Crippen LogP contribution in [0.1, 0.15) is 59.8 Å². The molecule has 2 saturated carbocycles. The summed E-state index contributed by atoms with van der Waals surface area (Å²) in [6.45, 7) is 20.2. The van der Waals surface area contributed by atoms with E-state index in [0.29, 0.717) is 0 Å². The zero-order valence-electron chi connectivity index (χ0n) is 17.3. The van der Waals surface area contributed by atoms with Gasteiger partial charge in [0.05, 0.1) is 0 Å². The molecule has 0 unspecified atom stereocenters. The lowest BCUT2D eigenvalue weighted by molar-refractivity contribution is -0.109. The molecule has 0 N–H and O–H groups in total. The molecule has 2 aliphatic heterocycles. The third-order valence-corrected chi connectivity index (χ3v) is 7.57. The minimum Gasteiger partial charge on any atom is -0.302 e. The molecule has 0 aromatic heterocycles. The van der Waals surface area contributed by atoms with E-state index in [0.717, 1.165) is 28.7 Å². The highest BCUT2D eigenvalue weighted by molar-refractivity contribution is 5.07. The van der Waals surface area contributed by atoms with E-state index in [2.05, 4.69) is 42.4 Å². The number of piperazine rings is 1. The van der Waals surface area contributed by atoms with Gasteiger partial charge in [-0.15, -0.1) is 0 Å². The summed E-state index contributed by atoms with van der Waals surface area (Å²) in [7, 11) is 0. The van der Waals surface area contributed by atoms with Gasteiger partial charge in [0.15, 0.2) is 0 Å². The molecule has 4 rings (SSSR count). The zero-order valence-corrected chi connectivity index (χ0v) is 17.3. The molecule has 4 aliphatic rings. The Kier molecular flexibility index (Phi) is 4.96. The SMILES string of the molecule is CC(C)CC1(CN2CC3(CC(CN4CCN(C(C)C)CC4)C3)C2)CC1. The first-order valence-electron chi connectivity index (χ1n) is 11.1. The van der Waals surface area contributed by atoms with Gasteiger partial charge in [0.1, 0.15) is 0 Å². The maximum absolute atomic E-state index is 2.80. The monoisotopic (exact) mass is 347 g/mol. The van der Waals surface area contributed by atoms with Crippen LogP contribution >= 0.6 is 0 Å². The van der Waals surface area contributed by atoms with Gasteiger partial charge in [0, 0.05) is 58.4 Å². The zero-order chi connectivity index (χ0) is 17.7. The smallest absolute Gasteiger partial charge is 0.0113 e. The van der Waals surface area contributed by atoms with Crippen molar-refractivity contribution in [3.63, 3.8) is 0 Å². The molecule has 0 atom stereocenters. The van der Waals surface area contributed by atoms with Gasteiger partial charge in [-0.25, -0.2) is 0 Å². The van der Waals surface area contributed by atoms with Gasteiger partial charge in [0.25, 0.3) is 0 Å². The quantitative estimate of drug-likeness (QED) is 0.697. The Balaban J connectivity index is 1.13. The van der Waals surface area contributed by atoms with Crippen molar-refractivity contribution in [2.75, 3.05) is 52.4 Å². The lowest BCUT2D eigenvalue weighted by atomic mass is 9.57. The van der Waals surface area contributed by atoms with E-state index in [9.17, 15) is 0 Å². The highest BCUT2D eigenvalue weighted by atomic mass is 15.3. The van der Waals surface area contributed by atoms with Crippen molar-refractivity contribution >= 4 is 0 Å². The molecule has 0 aromatic carbocycles. The second-order valence-electron chi connectivity index (χ2n) is 10.9. The summed E-state index contributed by atoms with van der Waals surface area (Å²) in [5.41, 5.74) is 1.48. The summed E-state index contributed by atoms with van der Waals surface area (Å²) < 4.78 is 0. The van der Waals surface area contributed by atoms with Crippen molar-refractivity contribution in [2.45, 2.75) is 65.8 Å². The van der Waals surface area contributed by atoms with Crippen LogP contribution in [0.25, 0.3) is 0 Å². The van der Waals surface area contributed by atoms with E-state index in [1.807, 2.05) is 0 Å². The van der Waals surface area contributed by atoms with Gasteiger partial charge >= 0.3 is 0 Å². The molecule has 0 radical (unpaired) electrons. The van der Waals surface area contributed by atoms with E-state index in [-0.39, 0.29) is 0 Å². The normalized spacial score (nSPS) is 30.0. The summed E-state index contributed by atoms with van der Waals surface area (Å²) in [6.07, 6.45) is 7.50. The molecular weight excluding hydrogens is 306 g/mol. The highest BCUT2D eigenvalue weighted by Gasteiger charge is 2.55. The first-order chi connectivity index (χ1) is 11.9. The van der Waals surface area contributed by atoms with Crippen molar-refractivity contribution in [1.82, 2.24) is 14.7 Å². The molecule has 2 heterocycles. The average molecular weight is 348 g/mol. The Morgan fingerprint density at radius 1 is 0.880 bits per heavy atom. The highest BCUT2D eigenvalue weighted by Crippen LogP contribution is 2.56. The summed E-state index contributed by atoms with van der Waals surface area (Å²) in [5, 5.41) is 0. The van der Waals surface area contributed by atoms with E-state index < -0.39 is 0 Å². The molecular formula is C22H41N3. The molecule has 144 valence electrons. The second kappa shape index (κ2) is 6.80. The van der Waals surface area contributed by atoms with Crippen LogP contribution in [0.3, 0.4) is 0 Å². The predicted molar refractivity (Wildman–Crippen MR) is 106 cm³/mol. The molecule has 0 aromatic rings. The Morgan fingerprint density at radius 2 is 1.52 bits per heavy atom. The molecule has 0 amide bonds. The number of hydrogen-bond acceptors (Lipinski definition) is 3. The van der Waals surface area contributed by atoms with Crippen molar-refractivity contribution in [1.29, 1.82) is 0 Å². The van der Waals surface area contributed by atoms with Crippen LogP contribution in [-0.2, 0) is 0 Å².